The zero-order valence-electron chi connectivity index (χ0n) is 8.51. The molecule has 2 aromatic heterocycles. The number of nitrogens with two attached hydrogens (primary N) is 1. The van der Waals surface area contributed by atoms with Gasteiger partial charge in [0, 0.05) is 11.9 Å². The summed E-state index contributed by atoms with van der Waals surface area (Å²) in [5.74, 6) is 0.869. The van der Waals surface area contributed by atoms with Gasteiger partial charge in [-0.1, -0.05) is 12.2 Å². The Bertz CT molecular complexity index is 482. The van der Waals surface area contributed by atoms with E-state index in [0.717, 1.165) is 11.4 Å². The van der Waals surface area contributed by atoms with Crippen LogP contribution in [0, 0.1) is 0 Å². The van der Waals surface area contributed by atoms with Gasteiger partial charge in [0.1, 0.15) is 10.7 Å². The van der Waals surface area contributed by atoms with Crippen LogP contribution in [0.3, 0.4) is 0 Å². The molecule has 3 N–H and O–H groups in total. The van der Waals surface area contributed by atoms with Crippen molar-refractivity contribution >= 4 is 22.9 Å². The van der Waals surface area contributed by atoms with Crippen molar-refractivity contribution < 1.29 is 4.42 Å². The predicted octanol–water partition coefficient (Wildman–Crippen LogP) is 1.92. The first-order valence-corrected chi connectivity index (χ1v) is 5.18. The minimum Gasteiger partial charge on any atom is -0.467 e. The van der Waals surface area contributed by atoms with Crippen molar-refractivity contribution in [2.45, 2.75) is 6.54 Å². The first kappa shape index (κ1) is 10.6. The summed E-state index contributed by atoms with van der Waals surface area (Å²) in [4.78, 5) is 4.35. The van der Waals surface area contributed by atoms with Crippen LogP contribution in [0.15, 0.2) is 41.1 Å². The standard InChI is InChI=1S/C11H11N3OS/c12-11(16)10-6-8(3-4-13-10)14-7-9-2-1-5-15-9/h1-6H,7H2,(H2,12,16)(H,13,14). The van der Waals surface area contributed by atoms with Crippen LogP contribution in [-0.2, 0) is 6.54 Å². The van der Waals surface area contributed by atoms with Crippen LogP contribution in [0.25, 0.3) is 0 Å². The number of anilines is 1. The van der Waals surface area contributed by atoms with Crippen molar-refractivity contribution in [1.82, 2.24) is 4.98 Å². The second kappa shape index (κ2) is 4.76. The van der Waals surface area contributed by atoms with E-state index in [1.54, 1.807) is 12.5 Å². The number of rotatable bonds is 4. The van der Waals surface area contributed by atoms with Crippen molar-refractivity contribution in [3.8, 4) is 0 Å². The van der Waals surface area contributed by atoms with Crippen LogP contribution >= 0.6 is 12.2 Å². The number of nitrogens with one attached hydrogen (secondary N) is 1. The lowest BCUT2D eigenvalue weighted by molar-refractivity contribution is 0.518. The van der Waals surface area contributed by atoms with E-state index in [-0.39, 0.29) is 0 Å². The number of nitrogens with zero attached hydrogens (tertiary/aromatic N) is 1. The van der Waals surface area contributed by atoms with Gasteiger partial charge in [0.05, 0.1) is 18.5 Å². The van der Waals surface area contributed by atoms with Gasteiger partial charge < -0.3 is 15.5 Å². The second-order valence-electron chi connectivity index (χ2n) is 3.23. The molecule has 0 atom stereocenters. The highest BCUT2D eigenvalue weighted by Gasteiger charge is 2.00. The lowest BCUT2D eigenvalue weighted by Gasteiger charge is -2.05. The molecule has 0 amide bonds. The van der Waals surface area contributed by atoms with Gasteiger partial charge in [-0.05, 0) is 24.3 Å². The molecule has 2 heterocycles. The average molecular weight is 233 g/mol. The zero-order chi connectivity index (χ0) is 11.4. The molecule has 0 unspecified atom stereocenters. The Balaban J connectivity index is 2.04. The third-order valence-electron chi connectivity index (χ3n) is 2.06. The summed E-state index contributed by atoms with van der Waals surface area (Å²) in [7, 11) is 0. The number of furan rings is 1. The Kier molecular flexibility index (Phi) is 3.16. The van der Waals surface area contributed by atoms with E-state index >= 15 is 0 Å². The second-order valence-corrected chi connectivity index (χ2v) is 3.67. The molecular formula is C11H11N3OS. The largest absolute Gasteiger partial charge is 0.467 e. The van der Waals surface area contributed by atoms with E-state index in [4.69, 9.17) is 22.4 Å². The van der Waals surface area contributed by atoms with E-state index in [2.05, 4.69) is 10.3 Å². The molecule has 0 radical (unpaired) electrons. The van der Waals surface area contributed by atoms with E-state index in [1.807, 2.05) is 24.3 Å². The summed E-state index contributed by atoms with van der Waals surface area (Å²) in [6.07, 6.45) is 3.31. The summed E-state index contributed by atoms with van der Waals surface area (Å²) < 4.78 is 5.20. The van der Waals surface area contributed by atoms with Crippen LogP contribution in [0.2, 0.25) is 0 Å². The van der Waals surface area contributed by atoms with E-state index in [1.165, 1.54) is 0 Å². The summed E-state index contributed by atoms with van der Waals surface area (Å²) in [5, 5.41) is 3.19. The SMILES string of the molecule is NC(=S)c1cc(NCc2ccco2)ccn1. The third kappa shape index (κ3) is 2.58. The molecular weight excluding hydrogens is 222 g/mol. The first-order valence-electron chi connectivity index (χ1n) is 4.78. The minimum absolute atomic E-state index is 0.293. The molecule has 0 bridgehead atoms. The van der Waals surface area contributed by atoms with Crippen molar-refractivity contribution in [2.75, 3.05) is 5.32 Å². The fourth-order valence-corrected chi connectivity index (χ4v) is 1.39. The van der Waals surface area contributed by atoms with Gasteiger partial charge in [0.2, 0.25) is 0 Å². The number of hydrogen-bond donors (Lipinski definition) is 2. The maximum atomic E-state index is 5.50. The van der Waals surface area contributed by atoms with Gasteiger partial charge in [-0.2, -0.15) is 0 Å². The zero-order valence-corrected chi connectivity index (χ0v) is 9.33. The molecule has 0 aliphatic carbocycles. The average Bonchev–Trinajstić information content (AvgIpc) is 2.79. The van der Waals surface area contributed by atoms with Gasteiger partial charge in [-0.15, -0.1) is 0 Å². The molecule has 2 rings (SSSR count). The van der Waals surface area contributed by atoms with E-state index < -0.39 is 0 Å². The number of aromatic nitrogens is 1. The fourth-order valence-electron chi connectivity index (χ4n) is 1.28. The highest BCUT2D eigenvalue weighted by Crippen LogP contribution is 2.10. The van der Waals surface area contributed by atoms with Crippen LogP contribution in [0.4, 0.5) is 5.69 Å². The van der Waals surface area contributed by atoms with E-state index in [9.17, 15) is 0 Å². The van der Waals surface area contributed by atoms with Crippen molar-refractivity contribution in [3.05, 3.63) is 48.2 Å². The minimum atomic E-state index is 0.293. The monoisotopic (exact) mass is 233 g/mol. The summed E-state index contributed by atoms with van der Waals surface area (Å²) in [6.45, 7) is 0.619. The van der Waals surface area contributed by atoms with Gasteiger partial charge in [-0.3, -0.25) is 4.98 Å². The third-order valence-corrected chi connectivity index (χ3v) is 2.27. The highest BCUT2D eigenvalue weighted by molar-refractivity contribution is 7.80. The molecule has 16 heavy (non-hydrogen) atoms. The normalized spacial score (nSPS) is 10.0. The first-order chi connectivity index (χ1) is 7.75. The Hall–Kier alpha value is -1.88. The molecule has 0 spiro atoms. The van der Waals surface area contributed by atoms with Crippen LogP contribution in [0.1, 0.15) is 11.5 Å². The number of hydrogen-bond acceptors (Lipinski definition) is 4. The van der Waals surface area contributed by atoms with Crippen molar-refractivity contribution in [3.63, 3.8) is 0 Å². The highest BCUT2D eigenvalue weighted by atomic mass is 32.1. The Morgan fingerprint density at radius 2 is 2.38 bits per heavy atom. The Morgan fingerprint density at radius 3 is 3.06 bits per heavy atom. The molecule has 0 aromatic carbocycles. The van der Waals surface area contributed by atoms with Crippen molar-refractivity contribution in [2.24, 2.45) is 5.73 Å². The molecule has 0 saturated carbocycles. The Morgan fingerprint density at radius 1 is 1.50 bits per heavy atom. The number of pyridine rings is 1. The Labute approximate surface area is 98.5 Å². The number of thiocarbonyl (C=S) groups is 1. The summed E-state index contributed by atoms with van der Waals surface area (Å²) in [5.41, 5.74) is 7.02. The quantitative estimate of drug-likeness (QED) is 0.790. The van der Waals surface area contributed by atoms with Crippen molar-refractivity contribution in [1.29, 1.82) is 0 Å². The predicted molar refractivity (Wildman–Crippen MR) is 66.2 cm³/mol. The maximum absolute atomic E-state index is 5.50. The molecule has 0 saturated heterocycles. The van der Waals surface area contributed by atoms with Crippen LogP contribution < -0.4 is 11.1 Å². The lowest BCUT2D eigenvalue weighted by atomic mass is 10.3. The topological polar surface area (TPSA) is 64.1 Å². The van der Waals surface area contributed by atoms with Gasteiger partial charge in [0.15, 0.2) is 0 Å². The van der Waals surface area contributed by atoms with Gasteiger partial charge in [0.25, 0.3) is 0 Å². The molecule has 0 aliphatic heterocycles. The molecule has 0 aliphatic rings. The summed E-state index contributed by atoms with van der Waals surface area (Å²) >= 11 is 4.85. The smallest absolute Gasteiger partial charge is 0.122 e. The maximum Gasteiger partial charge on any atom is 0.122 e. The summed E-state index contributed by atoms with van der Waals surface area (Å²) in [6, 6.07) is 7.42. The molecule has 4 nitrogen and oxygen atoms in total. The molecule has 2 aromatic rings. The fraction of sp³-hybridized carbons (Fsp3) is 0.0909. The molecule has 0 fully saturated rings. The van der Waals surface area contributed by atoms with E-state index in [0.29, 0.717) is 17.2 Å². The molecule has 82 valence electrons. The van der Waals surface area contributed by atoms with Crippen LogP contribution in [0.5, 0.6) is 0 Å². The van der Waals surface area contributed by atoms with Crippen LogP contribution in [-0.4, -0.2) is 9.97 Å². The van der Waals surface area contributed by atoms with Gasteiger partial charge in [-0.25, -0.2) is 0 Å². The lowest BCUT2D eigenvalue weighted by Crippen LogP contribution is -2.11. The van der Waals surface area contributed by atoms with Gasteiger partial charge >= 0.3 is 0 Å². The molecule has 5 heteroatoms.